The minimum absolute atomic E-state index is 0.0882. The summed E-state index contributed by atoms with van der Waals surface area (Å²) < 4.78 is 1.80. The second-order valence-electron chi connectivity index (χ2n) is 4.06. The predicted octanol–water partition coefficient (Wildman–Crippen LogP) is 1.81. The molecule has 0 saturated heterocycles. The number of thioether (sulfide) groups is 1. The number of aromatic nitrogens is 3. The van der Waals surface area contributed by atoms with Crippen molar-refractivity contribution in [2.75, 3.05) is 11.1 Å². The zero-order valence-corrected chi connectivity index (χ0v) is 11.7. The van der Waals surface area contributed by atoms with Gasteiger partial charge in [0, 0.05) is 24.9 Å². The summed E-state index contributed by atoms with van der Waals surface area (Å²) in [6, 6.07) is 8.87. The van der Waals surface area contributed by atoms with Crippen molar-refractivity contribution < 1.29 is 4.79 Å². The molecule has 0 saturated carbocycles. The molecule has 1 aromatic heterocycles. The molecule has 1 N–H and O–H groups in total. The molecule has 1 heterocycles. The molecule has 0 radical (unpaired) electrons. The second-order valence-corrected chi connectivity index (χ2v) is 5.13. The average molecular weight is 287 g/mol. The topological polar surface area (TPSA) is 83.6 Å². The fraction of sp³-hybridized carbons (Fsp3) is 0.231. The van der Waals surface area contributed by atoms with Crippen LogP contribution in [0.2, 0.25) is 0 Å². The Labute approximate surface area is 120 Å². The Morgan fingerprint density at radius 1 is 1.55 bits per heavy atom. The molecule has 0 fully saturated rings. The number of anilines is 1. The van der Waals surface area contributed by atoms with Gasteiger partial charge in [-0.2, -0.15) is 5.26 Å². The van der Waals surface area contributed by atoms with Gasteiger partial charge in [-0.05, 0) is 18.2 Å². The van der Waals surface area contributed by atoms with Crippen molar-refractivity contribution in [1.82, 2.24) is 14.8 Å². The Morgan fingerprint density at radius 3 is 3.10 bits per heavy atom. The summed E-state index contributed by atoms with van der Waals surface area (Å²) in [7, 11) is 1.86. The number of nitriles is 1. The third-order valence-corrected chi connectivity index (χ3v) is 3.54. The van der Waals surface area contributed by atoms with E-state index in [0.29, 0.717) is 23.4 Å². The summed E-state index contributed by atoms with van der Waals surface area (Å²) in [4.78, 5) is 11.8. The van der Waals surface area contributed by atoms with E-state index in [0.717, 1.165) is 5.16 Å². The van der Waals surface area contributed by atoms with Gasteiger partial charge in [-0.25, -0.2) is 0 Å². The molecule has 0 unspecified atom stereocenters. The molecule has 102 valence electrons. The summed E-state index contributed by atoms with van der Waals surface area (Å²) >= 11 is 1.48. The Hall–Kier alpha value is -2.33. The lowest BCUT2D eigenvalue weighted by Gasteiger charge is -2.05. The van der Waals surface area contributed by atoms with E-state index in [2.05, 4.69) is 15.5 Å². The van der Waals surface area contributed by atoms with E-state index in [1.54, 1.807) is 35.2 Å². The molecule has 0 spiro atoms. The Kier molecular flexibility index (Phi) is 4.74. The smallest absolute Gasteiger partial charge is 0.225 e. The van der Waals surface area contributed by atoms with E-state index < -0.39 is 0 Å². The molecule has 20 heavy (non-hydrogen) atoms. The minimum atomic E-state index is -0.0882. The SMILES string of the molecule is Cn1cnnc1SCCC(=O)Nc1cccc(C#N)c1. The lowest BCUT2D eigenvalue weighted by molar-refractivity contribution is -0.115. The van der Waals surface area contributed by atoms with Crippen LogP contribution in [0.4, 0.5) is 5.69 Å². The zero-order chi connectivity index (χ0) is 14.4. The van der Waals surface area contributed by atoms with Crippen molar-refractivity contribution in [3.63, 3.8) is 0 Å². The highest BCUT2D eigenvalue weighted by atomic mass is 32.2. The number of aryl methyl sites for hydroxylation is 1. The van der Waals surface area contributed by atoms with Crippen LogP contribution in [0.1, 0.15) is 12.0 Å². The Balaban J connectivity index is 1.81. The number of carbonyl (C=O) groups is 1. The van der Waals surface area contributed by atoms with E-state index in [-0.39, 0.29) is 5.91 Å². The van der Waals surface area contributed by atoms with Gasteiger partial charge in [-0.15, -0.1) is 10.2 Å². The van der Waals surface area contributed by atoms with Crippen LogP contribution in [0, 0.1) is 11.3 Å². The van der Waals surface area contributed by atoms with Crippen molar-refractivity contribution in [3.8, 4) is 6.07 Å². The van der Waals surface area contributed by atoms with Gasteiger partial charge in [-0.1, -0.05) is 17.8 Å². The summed E-state index contributed by atoms with van der Waals surface area (Å²) in [5.41, 5.74) is 1.16. The van der Waals surface area contributed by atoms with E-state index in [1.807, 2.05) is 13.1 Å². The maximum absolute atomic E-state index is 11.8. The van der Waals surface area contributed by atoms with Crippen LogP contribution in [0.25, 0.3) is 0 Å². The molecule has 7 heteroatoms. The third kappa shape index (κ3) is 3.83. The molecular weight excluding hydrogens is 274 g/mol. The summed E-state index contributed by atoms with van der Waals surface area (Å²) in [6.07, 6.45) is 1.99. The zero-order valence-electron chi connectivity index (χ0n) is 10.9. The van der Waals surface area contributed by atoms with Crippen LogP contribution in [-0.2, 0) is 11.8 Å². The van der Waals surface area contributed by atoms with Gasteiger partial charge < -0.3 is 9.88 Å². The minimum Gasteiger partial charge on any atom is -0.326 e. The fourth-order valence-electron chi connectivity index (χ4n) is 1.53. The predicted molar refractivity (Wildman–Crippen MR) is 76.1 cm³/mol. The maximum Gasteiger partial charge on any atom is 0.225 e. The highest BCUT2D eigenvalue weighted by molar-refractivity contribution is 7.99. The summed E-state index contributed by atoms with van der Waals surface area (Å²) in [6.45, 7) is 0. The third-order valence-electron chi connectivity index (χ3n) is 2.51. The first kappa shape index (κ1) is 14.1. The van der Waals surface area contributed by atoms with Crippen molar-refractivity contribution >= 4 is 23.4 Å². The van der Waals surface area contributed by atoms with Gasteiger partial charge in [0.05, 0.1) is 11.6 Å². The molecular formula is C13H13N5OS. The molecule has 0 aliphatic carbocycles. The molecule has 1 aromatic carbocycles. The highest BCUT2D eigenvalue weighted by Crippen LogP contribution is 2.15. The van der Waals surface area contributed by atoms with E-state index in [9.17, 15) is 4.79 Å². The van der Waals surface area contributed by atoms with Gasteiger partial charge in [0.1, 0.15) is 6.33 Å². The van der Waals surface area contributed by atoms with Crippen LogP contribution in [0.5, 0.6) is 0 Å². The number of nitrogens with zero attached hydrogens (tertiary/aromatic N) is 4. The van der Waals surface area contributed by atoms with Crippen LogP contribution in [0.15, 0.2) is 35.7 Å². The van der Waals surface area contributed by atoms with Crippen LogP contribution in [0.3, 0.4) is 0 Å². The average Bonchev–Trinajstić information content (AvgIpc) is 2.85. The fourth-order valence-corrected chi connectivity index (χ4v) is 2.35. The van der Waals surface area contributed by atoms with Crippen molar-refractivity contribution in [2.24, 2.45) is 7.05 Å². The quantitative estimate of drug-likeness (QED) is 0.848. The first-order chi connectivity index (χ1) is 9.69. The number of rotatable bonds is 5. The van der Waals surface area contributed by atoms with Gasteiger partial charge in [0.15, 0.2) is 5.16 Å². The molecule has 1 amide bonds. The first-order valence-electron chi connectivity index (χ1n) is 5.96. The summed E-state index contributed by atoms with van der Waals surface area (Å²) in [5, 5.41) is 20.0. The monoisotopic (exact) mass is 287 g/mol. The van der Waals surface area contributed by atoms with Crippen molar-refractivity contribution in [1.29, 1.82) is 5.26 Å². The van der Waals surface area contributed by atoms with Gasteiger partial charge in [-0.3, -0.25) is 4.79 Å². The molecule has 2 aromatic rings. The Morgan fingerprint density at radius 2 is 2.40 bits per heavy atom. The molecule has 0 bridgehead atoms. The van der Waals surface area contributed by atoms with Crippen LogP contribution in [-0.4, -0.2) is 26.4 Å². The number of hydrogen-bond acceptors (Lipinski definition) is 5. The van der Waals surface area contributed by atoms with E-state index in [1.165, 1.54) is 11.8 Å². The number of hydrogen-bond donors (Lipinski definition) is 1. The second kappa shape index (κ2) is 6.73. The summed E-state index contributed by atoms with van der Waals surface area (Å²) in [5.74, 6) is 0.533. The number of nitrogens with one attached hydrogen (secondary N) is 1. The van der Waals surface area contributed by atoms with E-state index >= 15 is 0 Å². The molecule has 2 rings (SSSR count). The number of amides is 1. The van der Waals surface area contributed by atoms with Crippen LogP contribution < -0.4 is 5.32 Å². The van der Waals surface area contributed by atoms with Gasteiger partial charge >= 0.3 is 0 Å². The normalized spacial score (nSPS) is 10.0. The molecule has 0 aliphatic rings. The molecule has 6 nitrogen and oxygen atoms in total. The number of benzene rings is 1. The lowest BCUT2D eigenvalue weighted by Crippen LogP contribution is -2.12. The Bertz CT molecular complexity index is 646. The maximum atomic E-state index is 11.8. The lowest BCUT2D eigenvalue weighted by atomic mass is 10.2. The molecule has 0 atom stereocenters. The molecule has 0 aliphatic heterocycles. The highest BCUT2D eigenvalue weighted by Gasteiger charge is 2.06. The largest absolute Gasteiger partial charge is 0.326 e. The standard InChI is InChI=1S/C13H13N5OS/c1-18-9-15-17-13(18)20-6-5-12(19)16-11-4-2-3-10(7-11)8-14/h2-4,7,9H,5-6H2,1H3,(H,16,19). The van der Waals surface area contributed by atoms with Crippen molar-refractivity contribution in [3.05, 3.63) is 36.2 Å². The van der Waals surface area contributed by atoms with Crippen molar-refractivity contribution in [2.45, 2.75) is 11.6 Å². The first-order valence-corrected chi connectivity index (χ1v) is 6.94. The van der Waals surface area contributed by atoms with E-state index in [4.69, 9.17) is 5.26 Å². The van der Waals surface area contributed by atoms with Gasteiger partial charge in [0.25, 0.3) is 0 Å². The van der Waals surface area contributed by atoms with Gasteiger partial charge in [0.2, 0.25) is 5.91 Å². The number of carbonyl (C=O) groups excluding carboxylic acids is 1. The van der Waals surface area contributed by atoms with Crippen LogP contribution >= 0.6 is 11.8 Å².